The molecule has 1 aliphatic rings. The number of hydrogen-bond donors (Lipinski definition) is 1. The third-order valence-corrected chi connectivity index (χ3v) is 4.18. The molecule has 1 aromatic carbocycles. The molecule has 0 radical (unpaired) electrons. The molecular formula is C11H13FOS. The van der Waals surface area contributed by atoms with E-state index in [1.165, 1.54) is 12.1 Å². The summed E-state index contributed by atoms with van der Waals surface area (Å²) in [5.74, 6) is 0.661. The molecule has 2 atom stereocenters. The Morgan fingerprint density at radius 1 is 1.57 bits per heavy atom. The van der Waals surface area contributed by atoms with Crippen molar-refractivity contribution in [2.24, 2.45) is 0 Å². The fraction of sp³-hybridized carbons (Fsp3) is 0.455. The Hall–Kier alpha value is -0.540. The van der Waals surface area contributed by atoms with Gasteiger partial charge in [-0.1, -0.05) is 19.1 Å². The van der Waals surface area contributed by atoms with Gasteiger partial charge in [-0.05, 0) is 29.9 Å². The molecule has 1 aromatic rings. The zero-order chi connectivity index (χ0) is 10.2. The van der Waals surface area contributed by atoms with Crippen LogP contribution in [0.15, 0.2) is 24.3 Å². The standard InChI is InChI=1S/C11H13FOS/c1-8-11(13,5-6-14-8)9-3-2-4-10(12)7-9/h2-4,7-8,13H,5-6H2,1H3/t8-,11+/m0/s1. The van der Waals surface area contributed by atoms with Crippen LogP contribution in [0, 0.1) is 5.82 Å². The predicted octanol–water partition coefficient (Wildman–Crippen LogP) is 2.54. The highest BCUT2D eigenvalue weighted by molar-refractivity contribution is 8.00. The lowest BCUT2D eigenvalue weighted by molar-refractivity contribution is 0.0424. The third-order valence-electron chi connectivity index (χ3n) is 2.85. The number of hydrogen-bond acceptors (Lipinski definition) is 2. The van der Waals surface area contributed by atoms with Crippen LogP contribution >= 0.6 is 11.8 Å². The molecule has 14 heavy (non-hydrogen) atoms. The van der Waals surface area contributed by atoms with Crippen LogP contribution in [0.1, 0.15) is 18.9 Å². The summed E-state index contributed by atoms with van der Waals surface area (Å²) in [5, 5.41) is 10.5. The Kier molecular flexibility index (Phi) is 2.54. The average molecular weight is 212 g/mol. The normalized spacial score (nSPS) is 32.1. The van der Waals surface area contributed by atoms with Crippen LogP contribution < -0.4 is 0 Å². The van der Waals surface area contributed by atoms with Crippen molar-refractivity contribution in [3.63, 3.8) is 0 Å². The van der Waals surface area contributed by atoms with Crippen LogP contribution in [-0.4, -0.2) is 16.1 Å². The lowest BCUT2D eigenvalue weighted by Crippen LogP contribution is -2.31. The Balaban J connectivity index is 2.38. The van der Waals surface area contributed by atoms with Gasteiger partial charge in [0.1, 0.15) is 11.4 Å². The highest BCUT2D eigenvalue weighted by Crippen LogP contribution is 2.42. The summed E-state index contributed by atoms with van der Waals surface area (Å²) < 4.78 is 13.0. The van der Waals surface area contributed by atoms with Crippen molar-refractivity contribution in [1.82, 2.24) is 0 Å². The van der Waals surface area contributed by atoms with E-state index in [4.69, 9.17) is 0 Å². The highest BCUT2D eigenvalue weighted by Gasteiger charge is 2.40. The van der Waals surface area contributed by atoms with Gasteiger partial charge in [-0.3, -0.25) is 0 Å². The molecule has 0 unspecified atom stereocenters. The molecule has 2 rings (SSSR count). The molecule has 0 amide bonds. The molecule has 0 spiro atoms. The van der Waals surface area contributed by atoms with Crippen LogP contribution in [0.25, 0.3) is 0 Å². The SMILES string of the molecule is C[C@@H]1SCC[C@]1(O)c1cccc(F)c1. The largest absolute Gasteiger partial charge is 0.384 e. The molecule has 1 heterocycles. The van der Waals surface area contributed by atoms with Crippen LogP contribution in [0.3, 0.4) is 0 Å². The second-order valence-corrected chi connectivity index (χ2v) is 5.15. The number of benzene rings is 1. The molecule has 0 bridgehead atoms. The quantitative estimate of drug-likeness (QED) is 0.772. The maximum Gasteiger partial charge on any atom is 0.123 e. The van der Waals surface area contributed by atoms with Crippen molar-refractivity contribution < 1.29 is 9.50 Å². The smallest absolute Gasteiger partial charge is 0.123 e. The van der Waals surface area contributed by atoms with Crippen molar-refractivity contribution in [2.45, 2.75) is 24.2 Å². The van der Waals surface area contributed by atoms with E-state index < -0.39 is 5.60 Å². The van der Waals surface area contributed by atoms with Crippen molar-refractivity contribution in [1.29, 1.82) is 0 Å². The van der Waals surface area contributed by atoms with E-state index in [-0.39, 0.29) is 11.1 Å². The first-order chi connectivity index (χ1) is 6.63. The molecule has 1 fully saturated rings. The topological polar surface area (TPSA) is 20.2 Å². The van der Waals surface area contributed by atoms with Crippen molar-refractivity contribution >= 4 is 11.8 Å². The second kappa shape index (κ2) is 3.55. The van der Waals surface area contributed by atoms with Gasteiger partial charge in [0.05, 0.1) is 0 Å². The Bertz CT molecular complexity index is 342. The minimum absolute atomic E-state index is 0.143. The van der Waals surface area contributed by atoms with E-state index in [0.717, 1.165) is 5.75 Å². The van der Waals surface area contributed by atoms with Crippen LogP contribution in [0.4, 0.5) is 4.39 Å². The number of rotatable bonds is 1. The van der Waals surface area contributed by atoms with Gasteiger partial charge in [0, 0.05) is 5.25 Å². The first kappa shape index (κ1) is 9.99. The van der Waals surface area contributed by atoms with Crippen molar-refractivity contribution in [3.05, 3.63) is 35.6 Å². The van der Waals surface area contributed by atoms with Crippen molar-refractivity contribution in [3.8, 4) is 0 Å². The number of thioether (sulfide) groups is 1. The van der Waals surface area contributed by atoms with E-state index in [1.807, 2.05) is 6.92 Å². The molecule has 1 aliphatic heterocycles. The van der Waals surface area contributed by atoms with E-state index in [2.05, 4.69) is 0 Å². The van der Waals surface area contributed by atoms with Crippen molar-refractivity contribution in [2.75, 3.05) is 5.75 Å². The average Bonchev–Trinajstić information content (AvgIpc) is 2.49. The Morgan fingerprint density at radius 3 is 2.93 bits per heavy atom. The lowest BCUT2D eigenvalue weighted by atomic mass is 9.88. The third kappa shape index (κ3) is 1.55. The van der Waals surface area contributed by atoms with Gasteiger partial charge in [-0.2, -0.15) is 11.8 Å². The summed E-state index contributed by atoms with van der Waals surface area (Å²) in [6, 6.07) is 6.28. The van der Waals surface area contributed by atoms with E-state index in [0.29, 0.717) is 12.0 Å². The molecule has 1 nitrogen and oxygen atoms in total. The molecule has 3 heteroatoms. The summed E-state index contributed by atoms with van der Waals surface area (Å²) in [6.07, 6.45) is 0.711. The summed E-state index contributed by atoms with van der Waals surface area (Å²) >= 11 is 1.73. The molecule has 1 saturated heterocycles. The summed E-state index contributed by atoms with van der Waals surface area (Å²) in [6.45, 7) is 1.99. The van der Waals surface area contributed by atoms with Gasteiger partial charge >= 0.3 is 0 Å². The second-order valence-electron chi connectivity index (χ2n) is 3.70. The fourth-order valence-electron chi connectivity index (χ4n) is 1.87. The lowest BCUT2D eigenvalue weighted by Gasteiger charge is -2.27. The number of halogens is 1. The maximum atomic E-state index is 13.0. The van der Waals surface area contributed by atoms with E-state index in [1.54, 1.807) is 23.9 Å². The van der Waals surface area contributed by atoms with Gasteiger partial charge in [-0.25, -0.2) is 4.39 Å². The highest BCUT2D eigenvalue weighted by atomic mass is 32.2. The van der Waals surface area contributed by atoms with Crippen LogP contribution in [-0.2, 0) is 5.60 Å². The Morgan fingerprint density at radius 2 is 2.36 bits per heavy atom. The molecule has 0 aliphatic carbocycles. The zero-order valence-electron chi connectivity index (χ0n) is 8.03. The minimum atomic E-state index is -0.841. The monoisotopic (exact) mass is 212 g/mol. The first-order valence-electron chi connectivity index (χ1n) is 4.73. The van der Waals surface area contributed by atoms with Crippen LogP contribution in [0.5, 0.6) is 0 Å². The molecule has 0 saturated carbocycles. The van der Waals surface area contributed by atoms with E-state index >= 15 is 0 Å². The van der Waals surface area contributed by atoms with Gasteiger partial charge < -0.3 is 5.11 Å². The maximum absolute atomic E-state index is 13.0. The summed E-state index contributed by atoms with van der Waals surface area (Å²) in [5.41, 5.74) is -0.137. The predicted molar refractivity (Wildman–Crippen MR) is 56.8 cm³/mol. The molecule has 1 N–H and O–H groups in total. The first-order valence-corrected chi connectivity index (χ1v) is 5.78. The zero-order valence-corrected chi connectivity index (χ0v) is 8.85. The summed E-state index contributed by atoms with van der Waals surface area (Å²) in [4.78, 5) is 0. The Labute approximate surface area is 87.3 Å². The van der Waals surface area contributed by atoms with E-state index in [9.17, 15) is 9.50 Å². The van der Waals surface area contributed by atoms with Gasteiger partial charge in [0.2, 0.25) is 0 Å². The van der Waals surface area contributed by atoms with Gasteiger partial charge in [0.15, 0.2) is 0 Å². The van der Waals surface area contributed by atoms with Gasteiger partial charge in [0.25, 0.3) is 0 Å². The van der Waals surface area contributed by atoms with Gasteiger partial charge in [-0.15, -0.1) is 0 Å². The summed E-state index contributed by atoms with van der Waals surface area (Å²) in [7, 11) is 0. The fourth-order valence-corrected chi connectivity index (χ4v) is 3.18. The molecular weight excluding hydrogens is 199 g/mol. The van der Waals surface area contributed by atoms with Crippen LogP contribution in [0.2, 0.25) is 0 Å². The minimum Gasteiger partial charge on any atom is -0.384 e. The molecule has 76 valence electrons. The molecule has 0 aromatic heterocycles. The number of aliphatic hydroxyl groups is 1.